The summed E-state index contributed by atoms with van der Waals surface area (Å²) in [6, 6.07) is 9.95. The van der Waals surface area contributed by atoms with Gasteiger partial charge in [0.05, 0.1) is 11.6 Å². The van der Waals surface area contributed by atoms with Gasteiger partial charge in [0.15, 0.2) is 5.82 Å². The Hall–Kier alpha value is -3.76. The first-order chi connectivity index (χ1) is 16.7. The van der Waals surface area contributed by atoms with Gasteiger partial charge >= 0.3 is 6.18 Å². The third-order valence-corrected chi connectivity index (χ3v) is 6.20. The highest BCUT2D eigenvalue weighted by Gasteiger charge is 2.42. The van der Waals surface area contributed by atoms with Crippen LogP contribution in [0.2, 0.25) is 0 Å². The Bertz CT molecular complexity index is 1390. The molecule has 1 atom stereocenters. The molecule has 1 amide bonds. The van der Waals surface area contributed by atoms with E-state index in [4.69, 9.17) is 0 Å². The first-order valence-electron chi connectivity index (χ1n) is 11.3. The number of rotatable bonds is 5. The summed E-state index contributed by atoms with van der Waals surface area (Å²) in [7, 11) is 0. The molecule has 0 spiro atoms. The van der Waals surface area contributed by atoms with Crippen molar-refractivity contribution < 1.29 is 22.4 Å². The van der Waals surface area contributed by atoms with E-state index in [-0.39, 0.29) is 31.8 Å². The molecule has 0 unspecified atom stereocenters. The lowest BCUT2D eigenvalue weighted by Gasteiger charge is -2.24. The van der Waals surface area contributed by atoms with Crippen molar-refractivity contribution in [1.82, 2.24) is 29.5 Å². The van der Waals surface area contributed by atoms with Gasteiger partial charge in [-0.3, -0.25) is 9.20 Å². The quantitative estimate of drug-likeness (QED) is 0.426. The van der Waals surface area contributed by atoms with Crippen LogP contribution in [0, 0.1) is 11.7 Å². The SMILES string of the molecule is CCc1nc2ccc(F)cn2c1C(=O)NCc1ccc(-c2nc3n(n2)CC[C@@H](C(F)(F)F)C3)cc1. The number of alkyl halides is 3. The van der Waals surface area contributed by atoms with Crippen LogP contribution < -0.4 is 5.32 Å². The van der Waals surface area contributed by atoms with E-state index < -0.39 is 17.9 Å². The van der Waals surface area contributed by atoms with Crippen molar-refractivity contribution in [3.8, 4) is 11.4 Å². The van der Waals surface area contributed by atoms with Crippen LogP contribution in [0.4, 0.5) is 17.6 Å². The van der Waals surface area contributed by atoms with Crippen molar-refractivity contribution in [2.75, 3.05) is 0 Å². The number of carbonyl (C=O) groups excluding carboxylic acids is 1. The van der Waals surface area contributed by atoms with E-state index in [2.05, 4.69) is 20.4 Å². The van der Waals surface area contributed by atoms with Crippen LogP contribution in [0.3, 0.4) is 0 Å². The number of imidazole rings is 1. The number of hydrogen-bond donors (Lipinski definition) is 1. The fraction of sp³-hybridized carbons (Fsp3) is 0.333. The second-order valence-electron chi connectivity index (χ2n) is 8.52. The van der Waals surface area contributed by atoms with Crippen LogP contribution in [0.15, 0.2) is 42.6 Å². The average molecular weight is 486 g/mol. The van der Waals surface area contributed by atoms with Crippen LogP contribution in [0.1, 0.15) is 40.9 Å². The number of aromatic nitrogens is 5. The molecule has 0 saturated carbocycles. The Labute approximate surface area is 197 Å². The Morgan fingerprint density at radius 2 is 1.91 bits per heavy atom. The van der Waals surface area contributed by atoms with Crippen LogP contribution in [-0.4, -0.2) is 36.2 Å². The summed E-state index contributed by atoms with van der Waals surface area (Å²) in [6.45, 7) is 2.29. The minimum atomic E-state index is -4.24. The van der Waals surface area contributed by atoms with Gasteiger partial charge in [0.1, 0.15) is 23.0 Å². The number of halogens is 4. The smallest absolute Gasteiger partial charge is 0.347 e. The van der Waals surface area contributed by atoms with E-state index in [1.165, 1.54) is 27.4 Å². The van der Waals surface area contributed by atoms with Gasteiger partial charge in [-0.2, -0.15) is 18.3 Å². The van der Waals surface area contributed by atoms with E-state index in [1.54, 1.807) is 24.3 Å². The zero-order chi connectivity index (χ0) is 24.7. The number of amides is 1. The minimum Gasteiger partial charge on any atom is -0.347 e. The Morgan fingerprint density at radius 1 is 1.14 bits per heavy atom. The standard InChI is InChI=1S/C24H22F4N6O/c1-2-18-21(33-13-17(25)7-8-19(33)30-18)23(35)29-12-14-3-5-15(6-4-14)22-31-20-11-16(24(26,27)28)9-10-34(20)32-22/h3-8,13,16H,2,9-12H2,1H3,(H,29,35)/t16-/m1/s1. The Morgan fingerprint density at radius 3 is 2.63 bits per heavy atom. The molecule has 0 bridgehead atoms. The molecule has 182 valence electrons. The maximum Gasteiger partial charge on any atom is 0.392 e. The maximum absolute atomic E-state index is 13.7. The molecule has 7 nitrogen and oxygen atoms in total. The fourth-order valence-electron chi connectivity index (χ4n) is 4.30. The summed E-state index contributed by atoms with van der Waals surface area (Å²) in [5, 5.41) is 7.20. The van der Waals surface area contributed by atoms with E-state index in [0.717, 1.165) is 5.56 Å². The normalized spacial score (nSPS) is 15.9. The molecule has 4 aromatic rings. The molecule has 4 heterocycles. The number of fused-ring (bicyclic) bond motifs is 2. The van der Waals surface area contributed by atoms with Gasteiger partial charge in [0, 0.05) is 31.3 Å². The van der Waals surface area contributed by atoms with Gasteiger partial charge in [-0.1, -0.05) is 31.2 Å². The van der Waals surface area contributed by atoms with Gasteiger partial charge < -0.3 is 5.32 Å². The number of benzene rings is 1. The molecule has 5 rings (SSSR count). The highest BCUT2D eigenvalue weighted by Crippen LogP contribution is 2.34. The molecular weight excluding hydrogens is 464 g/mol. The molecule has 0 fully saturated rings. The van der Waals surface area contributed by atoms with Gasteiger partial charge in [0.2, 0.25) is 0 Å². The topological polar surface area (TPSA) is 77.1 Å². The van der Waals surface area contributed by atoms with Crippen molar-refractivity contribution >= 4 is 11.6 Å². The summed E-state index contributed by atoms with van der Waals surface area (Å²) in [6.07, 6.45) is -2.66. The monoisotopic (exact) mass is 486 g/mol. The molecule has 1 aliphatic heterocycles. The van der Waals surface area contributed by atoms with Crippen LogP contribution in [-0.2, 0) is 25.9 Å². The number of carbonyl (C=O) groups is 1. The van der Waals surface area contributed by atoms with Gasteiger partial charge in [0.25, 0.3) is 5.91 Å². The summed E-state index contributed by atoms with van der Waals surface area (Å²) in [5.74, 6) is -1.52. The molecule has 1 aliphatic rings. The molecule has 0 radical (unpaired) electrons. The van der Waals surface area contributed by atoms with E-state index >= 15 is 0 Å². The number of nitrogens with one attached hydrogen (secondary N) is 1. The zero-order valence-corrected chi connectivity index (χ0v) is 18.8. The van der Waals surface area contributed by atoms with E-state index in [0.29, 0.717) is 40.7 Å². The lowest BCUT2D eigenvalue weighted by atomic mass is 9.98. The zero-order valence-electron chi connectivity index (χ0n) is 18.8. The second-order valence-corrected chi connectivity index (χ2v) is 8.52. The van der Waals surface area contributed by atoms with Crippen molar-refractivity contribution in [2.24, 2.45) is 5.92 Å². The summed E-state index contributed by atoms with van der Waals surface area (Å²) >= 11 is 0. The molecule has 0 aliphatic carbocycles. The summed E-state index contributed by atoms with van der Waals surface area (Å²) < 4.78 is 55.9. The average Bonchev–Trinajstić information content (AvgIpc) is 3.42. The molecule has 1 N–H and O–H groups in total. The van der Waals surface area contributed by atoms with E-state index in [1.807, 2.05) is 6.92 Å². The predicted molar refractivity (Wildman–Crippen MR) is 119 cm³/mol. The first kappa shape index (κ1) is 23.0. The first-order valence-corrected chi connectivity index (χ1v) is 11.3. The number of pyridine rings is 1. The van der Waals surface area contributed by atoms with E-state index in [9.17, 15) is 22.4 Å². The lowest BCUT2D eigenvalue weighted by molar-refractivity contribution is -0.179. The molecule has 11 heteroatoms. The third kappa shape index (κ3) is 4.50. The van der Waals surface area contributed by atoms with Crippen molar-refractivity contribution in [3.63, 3.8) is 0 Å². The van der Waals surface area contributed by atoms with Gasteiger partial charge in [-0.05, 0) is 30.5 Å². The number of aryl methyl sites for hydroxylation is 2. The second kappa shape index (κ2) is 8.79. The third-order valence-electron chi connectivity index (χ3n) is 6.20. The molecule has 1 aromatic carbocycles. The fourth-order valence-corrected chi connectivity index (χ4v) is 4.30. The van der Waals surface area contributed by atoms with Gasteiger partial charge in [-0.25, -0.2) is 19.0 Å². The molecule has 3 aromatic heterocycles. The van der Waals surface area contributed by atoms with Crippen molar-refractivity contribution in [3.05, 3.63) is 71.2 Å². The highest BCUT2D eigenvalue weighted by molar-refractivity contribution is 5.94. The summed E-state index contributed by atoms with van der Waals surface area (Å²) in [5.41, 5.74) is 2.85. The minimum absolute atomic E-state index is 0.00318. The van der Waals surface area contributed by atoms with Crippen molar-refractivity contribution in [1.29, 1.82) is 0 Å². The summed E-state index contributed by atoms with van der Waals surface area (Å²) in [4.78, 5) is 21.6. The van der Waals surface area contributed by atoms with Crippen molar-refractivity contribution in [2.45, 2.75) is 45.5 Å². The molecular formula is C24H22F4N6O. The predicted octanol–water partition coefficient (Wildman–Crippen LogP) is 4.35. The van der Waals surface area contributed by atoms with Crippen LogP contribution in [0.25, 0.3) is 17.0 Å². The largest absolute Gasteiger partial charge is 0.392 e. The highest BCUT2D eigenvalue weighted by atomic mass is 19.4. The Kier molecular flexibility index (Phi) is 5.78. The van der Waals surface area contributed by atoms with Crippen LogP contribution >= 0.6 is 0 Å². The Balaban J connectivity index is 1.28. The maximum atomic E-state index is 13.7. The molecule has 0 saturated heterocycles. The van der Waals surface area contributed by atoms with Crippen LogP contribution in [0.5, 0.6) is 0 Å². The number of hydrogen-bond acceptors (Lipinski definition) is 4. The molecule has 35 heavy (non-hydrogen) atoms. The van der Waals surface area contributed by atoms with Gasteiger partial charge in [-0.15, -0.1) is 0 Å². The number of nitrogens with zero attached hydrogens (tertiary/aromatic N) is 5. The lowest BCUT2D eigenvalue weighted by Crippen LogP contribution is -2.31.